The topological polar surface area (TPSA) is 76.7 Å². The molecule has 3 rings (SSSR count). The third-order valence-electron chi connectivity index (χ3n) is 3.94. The van der Waals surface area contributed by atoms with E-state index in [0.717, 1.165) is 12.1 Å². The lowest BCUT2D eigenvalue weighted by Gasteiger charge is -2.21. The molecular weight excluding hydrogens is 417 g/mol. The number of hydrogen-bond donors (Lipinski definition) is 2. The van der Waals surface area contributed by atoms with E-state index in [0.29, 0.717) is 5.56 Å². The molecule has 1 aliphatic heterocycles. The van der Waals surface area contributed by atoms with Gasteiger partial charge in [-0.3, -0.25) is 4.79 Å². The first-order valence-corrected chi connectivity index (χ1v) is 8.86. The average Bonchev–Trinajstić information content (AvgIpc) is 3.10. The van der Waals surface area contributed by atoms with Crippen molar-refractivity contribution in [3.8, 4) is 5.75 Å². The van der Waals surface area contributed by atoms with Crippen molar-refractivity contribution in [2.45, 2.75) is 12.1 Å². The maximum atomic E-state index is 13.5. The summed E-state index contributed by atoms with van der Waals surface area (Å²) in [6, 6.07) is 6.99. The van der Waals surface area contributed by atoms with E-state index < -0.39 is 35.8 Å². The van der Waals surface area contributed by atoms with Crippen molar-refractivity contribution in [3.63, 3.8) is 0 Å². The van der Waals surface area contributed by atoms with Gasteiger partial charge in [0.25, 0.3) is 5.91 Å². The van der Waals surface area contributed by atoms with Gasteiger partial charge in [0.15, 0.2) is 6.10 Å². The van der Waals surface area contributed by atoms with Gasteiger partial charge in [-0.2, -0.15) is 0 Å². The molecule has 1 heterocycles. The molecule has 2 N–H and O–H groups in total. The SMILES string of the molecule is O=C1NCC(C(=O)N[C@@H](COc2ccc(F)c(Cl)c2)c2ccc(F)c(Cl)c2)O1. The molecule has 0 radical (unpaired) electrons. The lowest BCUT2D eigenvalue weighted by Crippen LogP contribution is -2.41. The van der Waals surface area contributed by atoms with Crippen LogP contribution in [0, 0.1) is 11.6 Å². The Morgan fingerprint density at radius 2 is 1.89 bits per heavy atom. The molecule has 2 amide bonds. The summed E-state index contributed by atoms with van der Waals surface area (Å²) in [5.74, 6) is -1.51. The summed E-state index contributed by atoms with van der Waals surface area (Å²) < 4.78 is 37.2. The van der Waals surface area contributed by atoms with Crippen molar-refractivity contribution in [1.82, 2.24) is 10.6 Å². The fraction of sp³-hybridized carbons (Fsp3) is 0.222. The molecule has 1 unspecified atom stereocenters. The van der Waals surface area contributed by atoms with Crippen LogP contribution >= 0.6 is 23.2 Å². The first-order chi connectivity index (χ1) is 13.3. The summed E-state index contributed by atoms with van der Waals surface area (Å²) in [5, 5.41) is 4.80. The Hall–Kier alpha value is -2.58. The molecular formula is C18H14Cl2F2N2O4. The van der Waals surface area contributed by atoms with Crippen LogP contribution in [0.1, 0.15) is 11.6 Å². The van der Waals surface area contributed by atoms with Crippen LogP contribution in [-0.4, -0.2) is 31.3 Å². The van der Waals surface area contributed by atoms with Crippen molar-refractivity contribution < 1.29 is 27.8 Å². The van der Waals surface area contributed by atoms with Crippen LogP contribution in [0.3, 0.4) is 0 Å². The summed E-state index contributed by atoms with van der Waals surface area (Å²) in [7, 11) is 0. The Bertz CT molecular complexity index is 913. The zero-order valence-corrected chi connectivity index (χ0v) is 15.7. The van der Waals surface area contributed by atoms with Crippen LogP contribution < -0.4 is 15.4 Å². The molecule has 0 spiro atoms. The van der Waals surface area contributed by atoms with E-state index in [-0.39, 0.29) is 28.9 Å². The van der Waals surface area contributed by atoms with Crippen LogP contribution in [0.5, 0.6) is 5.75 Å². The predicted molar refractivity (Wildman–Crippen MR) is 97.5 cm³/mol. The minimum atomic E-state index is -1.01. The molecule has 1 fully saturated rings. The molecule has 2 aromatic carbocycles. The second-order valence-corrected chi connectivity index (χ2v) is 6.71. The molecule has 2 aromatic rings. The van der Waals surface area contributed by atoms with Gasteiger partial charge < -0.3 is 20.1 Å². The molecule has 28 heavy (non-hydrogen) atoms. The minimum Gasteiger partial charge on any atom is -0.491 e. The third-order valence-corrected chi connectivity index (χ3v) is 4.52. The average molecular weight is 431 g/mol. The van der Waals surface area contributed by atoms with E-state index in [1.54, 1.807) is 0 Å². The Labute approximate surface area is 168 Å². The summed E-state index contributed by atoms with van der Waals surface area (Å²) in [4.78, 5) is 23.5. The van der Waals surface area contributed by atoms with Crippen molar-refractivity contribution in [2.24, 2.45) is 0 Å². The van der Waals surface area contributed by atoms with Gasteiger partial charge in [-0.05, 0) is 29.8 Å². The molecule has 148 valence electrons. The quantitative estimate of drug-likeness (QED) is 0.733. The third kappa shape index (κ3) is 4.82. The number of cyclic esters (lactones) is 1. The summed E-state index contributed by atoms with van der Waals surface area (Å²) in [6.07, 6.45) is -1.70. The highest BCUT2D eigenvalue weighted by molar-refractivity contribution is 6.31. The van der Waals surface area contributed by atoms with E-state index in [1.165, 1.54) is 24.3 Å². The maximum Gasteiger partial charge on any atom is 0.408 e. The van der Waals surface area contributed by atoms with Gasteiger partial charge in [-0.25, -0.2) is 13.6 Å². The Balaban J connectivity index is 1.76. The molecule has 0 bridgehead atoms. The predicted octanol–water partition coefficient (Wildman–Crippen LogP) is 3.62. The standard InChI is InChI=1S/C18H14Cl2F2N2O4/c19-11-5-9(1-3-13(11)21)15(24-17(25)16-7-23-18(26)28-16)8-27-10-2-4-14(22)12(20)6-10/h1-6,15-16H,7-8H2,(H,23,26)(H,24,25)/t15-,16?/m0/s1. The Morgan fingerprint density at radius 1 is 1.21 bits per heavy atom. The zero-order chi connectivity index (χ0) is 20.3. The van der Waals surface area contributed by atoms with Gasteiger partial charge in [0.2, 0.25) is 0 Å². The fourth-order valence-electron chi connectivity index (χ4n) is 2.50. The number of amides is 2. The van der Waals surface area contributed by atoms with Crippen LogP contribution in [0.4, 0.5) is 13.6 Å². The Kier molecular flexibility index (Phi) is 6.21. The number of benzene rings is 2. The number of carbonyl (C=O) groups excluding carboxylic acids is 2. The van der Waals surface area contributed by atoms with Gasteiger partial charge in [0.1, 0.15) is 24.0 Å². The highest BCUT2D eigenvalue weighted by Crippen LogP contribution is 2.25. The molecule has 0 aromatic heterocycles. The summed E-state index contributed by atoms with van der Waals surface area (Å²) in [6.45, 7) is -0.0697. The largest absolute Gasteiger partial charge is 0.491 e. The van der Waals surface area contributed by atoms with Gasteiger partial charge in [0, 0.05) is 6.07 Å². The number of ether oxygens (including phenoxy) is 2. The molecule has 0 aliphatic carbocycles. The number of carbonyl (C=O) groups is 2. The first kappa shape index (κ1) is 20.2. The highest BCUT2D eigenvalue weighted by atomic mass is 35.5. The van der Waals surface area contributed by atoms with Crippen LogP contribution in [0.25, 0.3) is 0 Å². The van der Waals surface area contributed by atoms with Gasteiger partial charge in [0.05, 0.1) is 22.6 Å². The van der Waals surface area contributed by atoms with Crippen LogP contribution in [0.15, 0.2) is 36.4 Å². The number of nitrogens with one attached hydrogen (secondary N) is 2. The van der Waals surface area contributed by atoms with E-state index in [1.807, 2.05) is 0 Å². The maximum absolute atomic E-state index is 13.5. The molecule has 0 saturated carbocycles. The molecule has 6 nitrogen and oxygen atoms in total. The molecule has 2 atom stereocenters. The normalized spacial score (nSPS) is 16.9. The van der Waals surface area contributed by atoms with E-state index in [2.05, 4.69) is 10.6 Å². The first-order valence-electron chi connectivity index (χ1n) is 8.11. The van der Waals surface area contributed by atoms with Crippen LogP contribution in [0.2, 0.25) is 10.0 Å². The van der Waals surface area contributed by atoms with Gasteiger partial charge in [-0.15, -0.1) is 0 Å². The Morgan fingerprint density at radius 3 is 2.50 bits per heavy atom. The second-order valence-electron chi connectivity index (χ2n) is 5.90. The van der Waals surface area contributed by atoms with E-state index in [9.17, 15) is 18.4 Å². The van der Waals surface area contributed by atoms with Crippen molar-refractivity contribution in [1.29, 1.82) is 0 Å². The number of halogens is 4. The lowest BCUT2D eigenvalue weighted by atomic mass is 10.1. The van der Waals surface area contributed by atoms with Gasteiger partial charge in [-0.1, -0.05) is 29.3 Å². The molecule has 1 saturated heterocycles. The number of alkyl carbamates (subject to hydrolysis) is 1. The van der Waals surface area contributed by atoms with Crippen molar-refractivity contribution in [3.05, 3.63) is 63.6 Å². The summed E-state index contributed by atoms with van der Waals surface area (Å²) in [5.41, 5.74) is 0.463. The highest BCUT2D eigenvalue weighted by Gasteiger charge is 2.31. The lowest BCUT2D eigenvalue weighted by molar-refractivity contribution is -0.128. The fourth-order valence-corrected chi connectivity index (χ4v) is 2.86. The minimum absolute atomic E-state index is 0.0238. The number of rotatable bonds is 6. The van der Waals surface area contributed by atoms with Crippen LogP contribution in [-0.2, 0) is 9.53 Å². The smallest absolute Gasteiger partial charge is 0.408 e. The molecule has 10 heteroatoms. The van der Waals surface area contributed by atoms with E-state index in [4.69, 9.17) is 32.7 Å². The number of hydrogen-bond acceptors (Lipinski definition) is 4. The zero-order valence-electron chi connectivity index (χ0n) is 14.2. The molecule has 1 aliphatic rings. The summed E-state index contributed by atoms with van der Waals surface area (Å²) >= 11 is 11.6. The second kappa shape index (κ2) is 8.62. The van der Waals surface area contributed by atoms with Crippen molar-refractivity contribution >= 4 is 35.2 Å². The monoisotopic (exact) mass is 430 g/mol. The van der Waals surface area contributed by atoms with Crippen molar-refractivity contribution in [2.75, 3.05) is 13.2 Å². The van der Waals surface area contributed by atoms with Gasteiger partial charge >= 0.3 is 6.09 Å². The van der Waals surface area contributed by atoms with E-state index >= 15 is 0 Å².